The van der Waals surface area contributed by atoms with E-state index in [1.807, 2.05) is 0 Å². The Kier molecular flexibility index (Phi) is 5.44. The zero-order valence-electron chi connectivity index (χ0n) is 12.1. The van der Waals surface area contributed by atoms with E-state index in [2.05, 4.69) is 56.0 Å². The summed E-state index contributed by atoms with van der Waals surface area (Å²) in [6, 6.07) is 9.34. The van der Waals surface area contributed by atoms with E-state index in [9.17, 15) is 0 Å². The van der Waals surface area contributed by atoms with Crippen molar-refractivity contribution in [2.24, 2.45) is 5.92 Å². The minimum Gasteiger partial charge on any atom is -0.103 e. The van der Waals surface area contributed by atoms with Crippen LogP contribution in [0.1, 0.15) is 56.1 Å². The first-order chi connectivity index (χ1) is 9.33. The van der Waals surface area contributed by atoms with Crippen molar-refractivity contribution in [1.29, 1.82) is 0 Å². The summed E-state index contributed by atoms with van der Waals surface area (Å²) >= 11 is 0. The highest BCUT2D eigenvalue weighted by Gasteiger charge is 2.20. The topological polar surface area (TPSA) is 0 Å². The van der Waals surface area contributed by atoms with Gasteiger partial charge in [-0.2, -0.15) is 0 Å². The Hall–Kier alpha value is -1.30. The molecule has 1 aliphatic carbocycles. The lowest BCUT2D eigenvalue weighted by atomic mass is 9.78. The minimum atomic E-state index is 0.761. The highest BCUT2D eigenvalue weighted by atomic mass is 14.2. The van der Waals surface area contributed by atoms with Crippen molar-refractivity contribution in [3.05, 3.63) is 60.2 Å². The van der Waals surface area contributed by atoms with Gasteiger partial charge in [-0.25, -0.2) is 0 Å². The molecule has 0 atom stereocenters. The van der Waals surface area contributed by atoms with Crippen LogP contribution in [-0.4, -0.2) is 0 Å². The number of hydrogen-bond acceptors (Lipinski definition) is 0. The van der Waals surface area contributed by atoms with Gasteiger partial charge in [-0.3, -0.25) is 0 Å². The molecule has 0 saturated heterocycles. The zero-order chi connectivity index (χ0) is 13.5. The Bertz CT molecular complexity index is 402. The molecule has 0 heteroatoms. The summed E-state index contributed by atoms with van der Waals surface area (Å²) in [6.07, 6.45) is 14.1. The molecule has 0 aliphatic heterocycles. The predicted octanol–water partition coefficient (Wildman–Crippen LogP) is 5.66. The van der Waals surface area contributed by atoms with Gasteiger partial charge in [-0.1, -0.05) is 42.5 Å². The van der Waals surface area contributed by atoms with E-state index in [0.29, 0.717) is 0 Å². The van der Waals surface area contributed by atoms with Crippen LogP contribution in [-0.2, 0) is 6.42 Å². The second-order valence-electron chi connectivity index (χ2n) is 5.70. The van der Waals surface area contributed by atoms with Crippen LogP contribution in [0.3, 0.4) is 0 Å². The molecule has 1 aliphatic rings. The first-order valence-corrected chi connectivity index (χ1v) is 7.66. The Morgan fingerprint density at radius 3 is 2.37 bits per heavy atom. The van der Waals surface area contributed by atoms with E-state index in [4.69, 9.17) is 0 Å². The average Bonchev–Trinajstić information content (AvgIpc) is 2.48. The standard InChI is InChI=1S/C19H26/c1-3-5-6-7-17-10-14-19(15-11-17)18-12-8-16(4-2)9-13-18/h3-5,10-11,14-16,18H,2,6-9,12-13H2,1H3. The fourth-order valence-corrected chi connectivity index (χ4v) is 3.06. The number of allylic oxidation sites excluding steroid dienone is 3. The third kappa shape index (κ3) is 4.09. The van der Waals surface area contributed by atoms with Gasteiger partial charge in [0.25, 0.3) is 0 Å². The molecule has 1 aromatic carbocycles. The summed E-state index contributed by atoms with van der Waals surface area (Å²) in [4.78, 5) is 0. The van der Waals surface area contributed by atoms with Crippen LogP contribution < -0.4 is 0 Å². The lowest BCUT2D eigenvalue weighted by Crippen LogP contribution is -2.11. The Balaban J connectivity index is 1.89. The van der Waals surface area contributed by atoms with Gasteiger partial charge in [0.1, 0.15) is 0 Å². The zero-order valence-corrected chi connectivity index (χ0v) is 12.1. The van der Waals surface area contributed by atoms with Gasteiger partial charge in [-0.15, -0.1) is 6.58 Å². The smallest absolute Gasteiger partial charge is 0.0162 e. The van der Waals surface area contributed by atoms with Crippen molar-refractivity contribution in [2.75, 3.05) is 0 Å². The Morgan fingerprint density at radius 2 is 1.79 bits per heavy atom. The first kappa shape index (κ1) is 14.1. The SMILES string of the molecule is C=CC1CCC(c2ccc(CCC=CC)cc2)CC1. The molecule has 102 valence electrons. The fourth-order valence-electron chi connectivity index (χ4n) is 3.06. The summed E-state index contributed by atoms with van der Waals surface area (Å²) in [5.41, 5.74) is 3.00. The van der Waals surface area contributed by atoms with Crippen molar-refractivity contribution in [1.82, 2.24) is 0 Å². The predicted molar refractivity (Wildman–Crippen MR) is 84.5 cm³/mol. The molecule has 0 N–H and O–H groups in total. The molecule has 2 rings (SSSR count). The maximum absolute atomic E-state index is 3.92. The Morgan fingerprint density at radius 1 is 1.11 bits per heavy atom. The van der Waals surface area contributed by atoms with E-state index in [1.54, 1.807) is 0 Å². The molecular formula is C19H26. The molecule has 0 spiro atoms. The summed E-state index contributed by atoms with van der Waals surface area (Å²) in [5, 5.41) is 0. The Labute approximate surface area is 118 Å². The van der Waals surface area contributed by atoms with E-state index in [0.717, 1.165) is 24.7 Å². The van der Waals surface area contributed by atoms with Gasteiger partial charge in [0.2, 0.25) is 0 Å². The maximum Gasteiger partial charge on any atom is -0.0162 e. The van der Waals surface area contributed by atoms with Gasteiger partial charge < -0.3 is 0 Å². The number of hydrogen-bond donors (Lipinski definition) is 0. The van der Waals surface area contributed by atoms with E-state index in [1.165, 1.54) is 36.8 Å². The summed E-state index contributed by atoms with van der Waals surface area (Å²) in [5.74, 6) is 1.54. The van der Waals surface area contributed by atoms with Crippen molar-refractivity contribution in [3.8, 4) is 0 Å². The average molecular weight is 254 g/mol. The van der Waals surface area contributed by atoms with Crippen LogP contribution in [0.25, 0.3) is 0 Å². The lowest BCUT2D eigenvalue weighted by molar-refractivity contribution is 0.376. The maximum atomic E-state index is 3.92. The number of aryl methyl sites for hydroxylation is 1. The van der Waals surface area contributed by atoms with E-state index in [-0.39, 0.29) is 0 Å². The normalized spacial score (nSPS) is 23.6. The van der Waals surface area contributed by atoms with Crippen LogP contribution in [0, 0.1) is 5.92 Å². The number of benzene rings is 1. The quantitative estimate of drug-likeness (QED) is 0.595. The van der Waals surface area contributed by atoms with E-state index >= 15 is 0 Å². The molecule has 0 aromatic heterocycles. The van der Waals surface area contributed by atoms with Crippen LogP contribution in [0.5, 0.6) is 0 Å². The molecule has 0 heterocycles. The minimum absolute atomic E-state index is 0.761. The molecule has 1 aromatic rings. The van der Waals surface area contributed by atoms with Crippen LogP contribution in [0.2, 0.25) is 0 Å². The van der Waals surface area contributed by atoms with Gasteiger partial charge in [0.05, 0.1) is 0 Å². The molecule has 1 fully saturated rings. The lowest BCUT2D eigenvalue weighted by Gasteiger charge is -2.27. The molecule has 0 bridgehead atoms. The van der Waals surface area contributed by atoms with Gasteiger partial charge in [0, 0.05) is 0 Å². The highest BCUT2D eigenvalue weighted by Crippen LogP contribution is 2.36. The second-order valence-corrected chi connectivity index (χ2v) is 5.70. The van der Waals surface area contributed by atoms with Crippen LogP contribution in [0.15, 0.2) is 49.1 Å². The largest absolute Gasteiger partial charge is 0.103 e. The molecular weight excluding hydrogens is 228 g/mol. The highest BCUT2D eigenvalue weighted by molar-refractivity contribution is 5.26. The van der Waals surface area contributed by atoms with Gasteiger partial charge >= 0.3 is 0 Å². The first-order valence-electron chi connectivity index (χ1n) is 7.66. The molecule has 0 nitrogen and oxygen atoms in total. The third-order valence-corrected chi connectivity index (χ3v) is 4.39. The molecule has 1 saturated carbocycles. The van der Waals surface area contributed by atoms with Crippen LogP contribution >= 0.6 is 0 Å². The van der Waals surface area contributed by atoms with Gasteiger partial charge in [0.15, 0.2) is 0 Å². The number of rotatable bonds is 5. The summed E-state index contributed by atoms with van der Waals surface area (Å²) < 4.78 is 0. The summed E-state index contributed by atoms with van der Waals surface area (Å²) in [6.45, 7) is 6.01. The molecule has 0 radical (unpaired) electrons. The fraction of sp³-hybridized carbons (Fsp3) is 0.474. The van der Waals surface area contributed by atoms with Crippen molar-refractivity contribution >= 4 is 0 Å². The molecule has 0 amide bonds. The summed E-state index contributed by atoms with van der Waals surface area (Å²) in [7, 11) is 0. The monoisotopic (exact) mass is 254 g/mol. The van der Waals surface area contributed by atoms with Crippen molar-refractivity contribution in [3.63, 3.8) is 0 Å². The van der Waals surface area contributed by atoms with Crippen molar-refractivity contribution < 1.29 is 0 Å². The van der Waals surface area contributed by atoms with Gasteiger partial charge in [-0.05, 0) is 68.4 Å². The van der Waals surface area contributed by atoms with E-state index < -0.39 is 0 Å². The third-order valence-electron chi connectivity index (χ3n) is 4.39. The molecule has 19 heavy (non-hydrogen) atoms. The molecule has 0 unspecified atom stereocenters. The second kappa shape index (κ2) is 7.33. The van der Waals surface area contributed by atoms with Crippen LogP contribution in [0.4, 0.5) is 0 Å². The van der Waals surface area contributed by atoms with Crippen molar-refractivity contribution in [2.45, 2.75) is 51.4 Å².